The minimum Gasteiger partial charge on any atom is -0.507 e. The number of benzene rings is 2. The molecule has 1 aliphatic rings. The van der Waals surface area contributed by atoms with Gasteiger partial charge in [0.2, 0.25) is 0 Å². The standard InChI is InChI=1S/C29H28N2O8S/c1-7-12-39-28(35)26-16(3)30-29(40-26)31-23(20-11-9-18(37-5)14-21(20)38-6)22(25(33)27(31)34)24(32)19-10-8-17(36-4)13-15(19)2/h7-11,13-14,23,32H,1,12H2,2-6H3. The molecule has 10 nitrogen and oxygen atoms in total. The Hall–Kier alpha value is -4.64. The Balaban J connectivity index is 1.96. The number of rotatable bonds is 9. The number of carbonyl (C=O) groups is 3. The highest BCUT2D eigenvalue weighted by Gasteiger charge is 2.49. The predicted octanol–water partition coefficient (Wildman–Crippen LogP) is 4.75. The van der Waals surface area contributed by atoms with Crippen LogP contribution in [-0.2, 0) is 14.3 Å². The molecule has 40 heavy (non-hydrogen) atoms. The van der Waals surface area contributed by atoms with Gasteiger partial charge in [-0.05, 0) is 49.7 Å². The van der Waals surface area contributed by atoms with E-state index in [9.17, 15) is 19.5 Å². The molecule has 1 aromatic heterocycles. The summed E-state index contributed by atoms with van der Waals surface area (Å²) in [5.41, 5.74) is 1.53. The number of ether oxygens (including phenoxy) is 4. The van der Waals surface area contributed by atoms with E-state index in [1.165, 1.54) is 32.3 Å². The second-order valence-electron chi connectivity index (χ2n) is 8.76. The summed E-state index contributed by atoms with van der Waals surface area (Å²) >= 11 is 0.905. The van der Waals surface area contributed by atoms with E-state index in [1.807, 2.05) is 0 Å². The van der Waals surface area contributed by atoms with Crippen molar-refractivity contribution in [2.75, 3.05) is 32.8 Å². The highest BCUT2D eigenvalue weighted by Crippen LogP contribution is 2.47. The molecule has 1 amide bonds. The number of aliphatic hydroxyl groups excluding tert-OH is 1. The molecule has 0 spiro atoms. The summed E-state index contributed by atoms with van der Waals surface area (Å²) < 4.78 is 21.3. The Morgan fingerprint density at radius 3 is 2.38 bits per heavy atom. The molecule has 1 aliphatic heterocycles. The summed E-state index contributed by atoms with van der Waals surface area (Å²) in [6.45, 7) is 6.89. The van der Waals surface area contributed by atoms with Crippen LogP contribution in [0.1, 0.15) is 38.1 Å². The summed E-state index contributed by atoms with van der Waals surface area (Å²) in [5, 5.41) is 11.6. The summed E-state index contributed by atoms with van der Waals surface area (Å²) in [5.74, 6) is -1.48. The molecule has 0 radical (unpaired) electrons. The second-order valence-corrected chi connectivity index (χ2v) is 9.73. The van der Waals surface area contributed by atoms with E-state index in [0.717, 1.165) is 11.3 Å². The molecule has 208 valence electrons. The molecule has 4 rings (SSSR count). The van der Waals surface area contributed by atoms with Crippen LogP contribution in [0.3, 0.4) is 0 Å². The number of aromatic nitrogens is 1. The van der Waals surface area contributed by atoms with E-state index in [2.05, 4.69) is 11.6 Å². The van der Waals surface area contributed by atoms with Gasteiger partial charge in [0.1, 0.15) is 40.5 Å². The van der Waals surface area contributed by atoms with E-state index in [0.29, 0.717) is 39.6 Å². The van der Waals surface area contributed by atoms with Gasteiger partial charge in [-0.2, -0.15) is 0 Å². The van der Waals surface area contributed by atoms with Crippen molar-refractivity contribution in [1.29, 1.82) is 0 Å². The minimum atomic E-state index is -1.13. The number of Topliss-reactive ketones (excluding diaryl/α,β-unsaturated/α-hetero) is 1. The third-order valence-electron chi connectivity index (χ3n) is 6.38. The van der Waals surface area contributed by atoms with Crippen LogP contribution in [0.4, 0.5) is 5.13 Å². The zero-order chi connectivity index (χ0) is 29.1. The van der Waals surface area contributed by atoms with Crippen LogP contribution in [0.25, 0.3) is 5.76 Å². The summed E-state index contributed by atoms with van der Waals surface area (Å²) in [4.78, 5) is 45.6. The van der Waals surface area contributed by atoms with Gasteiger partial charge in [0, 0.05) is 17.2 Å². The van der Waals surface area contributed by atoms with E-state index in [1.54, 1.807) is 50.2 Å². The maximum atomic E-state index is 13.6. The number of methoxy groups -OCH3 is 3. The molecule has 1 fully saturated rings. The van der Waals surface area contributed by atoms with Gasteiger partial charge >= 0.3 is 11.9 Å². The van der Waals surface area contributed by atoms with Crippen LogP contribution in [0.15, 0.2) is 54.6 Å². The zero-order valence-corrected chi connectivity index (χ0v) is 23.5. The van der Waals surface area contributed by atoms with Gasteiger partial charge in [0.15, 0.2) is 5.13 Å². The SMILES string of the molecule is C=CCOC(=O)c1sc(N2C(=O)C(=O)C(=C(O)c3ccc(OC)cc3C)C2c2ccc(OC)cc2OC)nc1C. The molecule has 3 aromatic rings. The van der Waals surface area contributed by atoms with Gasteiger partial charge in [0.25, 0.3) is 5.78 Å². The summed E-state index contributed by atoms with van der Waals surface area (Å²) in [6, 6.07) is 8.74. The molecule has 2 heterocycles. The average Bonchev–Trinajstić information content (AvgIpc) is 3.46. The number of esters is 1. The fourth-order valence-corrected chi connectivity index (χ4v) is 5.40. The molecule has 2 aromatic carbocycles. The van der Waals surface area contributed by atoms with Gasteiger partial charge in [-0.25, -0.2) is 9.78 Å². The van der Waals surface area contributed by atoms with Crippen molar-refractivity contribution < 1.29 is 38.4 Å². The van der Waals surface area contributed by atoms with Crippen LogP contribution < -0.4 is 19.1 Å². The van der Waals surface area contributed by atoms with Crippen LogP contribution in [0.2, 0.25) is 0 Å². The number of anilines is 1. The maximum Gasteiger partial charge on any atom is 0.350 e. The van der Waals surface area contributed by atoms with Gasteiger partial charge in [-0.1, -0.05) is 24.0 Å². The lowest BCUT2D eigenvalue weighted by Crippen LogP contribution is -2.29. The molecule has 0 aliphatic carbocycles. The molecule has 1 N–H and O–H groups in total. The average molecular weight is 565 g/mol. The first-order valence-electron chi connectivity index (χ1n) is 12.1. The van der Waals surface area contributed by atoms with Crippen molar-refractivity contribution in [2.24, 2.45) is 0 Å². The van der Waals surface area contributed by atoms with Crippen LogP contribution >= 0.6 is 11.3 Å². The number of thiazole rings is 1. The molecule has 1 saturated heterocycles. The van der Waals surface area contributed by atoms with Crippen molar-refractivity contribution in [1.82, 2.24) is 4.98 Å². The number of ketones is 1. The lowest BCUT2D eigenvalue weighted by molar-refractivity contribution is -0.132. The van der Waals surface area contributed by atoms with Gasteiger partial charge in [-0.15, -0.1) is 0 Å². The quantitative estimate of drug-likeness (QED) is 0.129. The van der Waals surface area contributed by atoms with Crippen LogP contribution in [-0.4, -0.2) is 55.7 Å². The van der Waals surface area contributed by atoms with Gasteiger partial charge in [0.05, 0.1) is 32.6 Å². The maximum absolute atomic E-state index is 13.6. The van der Waals surface area contributed by atoms with Gasteiger partial charge < -0.3 is 24.1 Å². The number of amides is 1. The molecule has 11 heteroatoms. The minimum absolute atomic E-state index is 0.000278. The number of hydrogen-bond donors (Lipinski definition) is 1. The molecule has 0 saturated carbocycles. The predicted molar refractivity (Wildman–Crippen MR) is 149 cm³/mol. The van der Waals surface area contributed by atoms with E-state index < -0.39 is 23.7 Å². The molecular weight excluding hydrogens is 536 g/mol. The lowest BCUT2D eigenvalue weighted by Gasteiger charge is -2.25. The number of aliphatic hydroxyl groups is 1. The third-order valence-corrected chi connectivity index (χ3v) is 7.51. The molecule has 1 unspecified atom stereocenters. The number of carbonyl (C=O) groups excluding carboxylic acids is 3. The fourth-order valence-electron chi connectivity index (χ4n) is 4.42. The summed E-state index contributed by atoms with van der Waals surface area (Å²) in [7, 11) is 4.46. The first-order chi connectivity index (χ1) is 19.2. The van der Waals surface area contributed by atoms with E-state index in [-0.39, 0.29) is 27.9 Å². The Bertz CT molecular complexity index is 1540. The highest BCUT2D eigenvalue weighted by atomic mass is 32.1. The Kier molecular flexibility index (Phi) is 8.24. The van der Waals surface area contributed by atoms with Crippen LogP contribution in [0.5, 0.6) is 17.2 Å². The monoisotopic (exact) mass is 564 g/mol. The topological polar surface area (TPSA) is 124 Å². The lowest BCUT2D eigenvalue weighted by atomic mass is 9.93. The number of hydrogen-bond acceptors (Lipinski definition) is 10. The van der Waals surface area contributed by atoms with Crippen molar-refractivity contribution in [2.45, 2.75) is 19.9 Å². The van der Waals surface area contributed by atoms with E-state index >= 15 is 0 Å². The first kappa shape index (κ1) is 28.4. The van der Waals surface area contributed by atoms with Crippen molar-refractivity contribution >= 4 is 39.9 Å². The second kappa shape index (κ2) is 11.6. The Morgan fingerprint density at radius 2 is 1.75 bits per heavy atom. The molecule has 1 atom stereocenters. The Morgan fingerprint density at radius 1 is 1.07 bits per heavy atom. The molecular formula is C29H28N2O8S. The Labute approximate surface area is 235 Å². The third kappa shape index (κ3) is 5.03. The number of aryl methyl sites for hydroxylation is 2. The highest BCUT2D eigenvalue weighted by molar-refractivity contribution is 7.17. The van der Waals surface area contributed by atoms with Crippen LogP contribution in [0, 0.1) is 13.8 Å². The number of nitrogens with zero attached hydrogens (tertiary/aromatic N) is 2. The van der Waals surface area contributed by atoms with Crippen molar-refractivity contribution in [3.05, 3.63) is 81.9 Å². The fraction of sp³-hybridized carbons (Fsp3) is 0.241. The first-order valence-corrected chi connectivity index (χ1v) is 12.9. The van der Waals surface area contributed by atoms with E-state index in [4.69, 9.17) is 18.9 Å². The normalized spacial score (nSPS) is 16.1. The largest absolute Gasteiger partial charge is 0.507 e. The molecule has 0 bridgehead atoms. The summed E-state index contributed by atoms with van der Waals surface area (Å²) in [6.07, 6.45) is 1.44. The van der Waals surface area contributed by atoms with Crippen molar-refractivity contribution in [3.63, 3.8) is 0 Å². The smallest absolute Gasteiger partial charge is 0.350 e. The van der Waals surface area contributed by atoms with Gasteiger partial charge in [-0.3, -0.25) is 14.5 Å². The van der Waals surface area contributed by atoms with Crippen molar-refractivity contribution in [3.8, 4) is 17.2 Å². The zero-order valence-electron chi connectivity index (χ0n) is 22.6.